The van der Waals surface area contributed by atoms with Crippen molar-refractivity contribution < 1.29 is 14.0 Å². The highest BCUT2D eigenvalue weighted by atomic mass is 19.1. The van der Waals surface area contributed by atoms with Crippen molar-refractivity contribution in [1.29, 1.82) is 0 Å². The third kappa shape index (κ3) is 5.55. The molecule has 7 nitrogen and oxygen atoms in total. The zero-order valence-electron chi connectivity index (χ0n) is 17.1. The predicted octanol–water partition coefficient (Wildman–Crippen LogP) is 3.51. The summed E-state index contributed by atoms with van der Waals surface area (Å²) >= 11 is 0. The molecular formula is C23H24FN5O2. The molecule has 1 aromatic heterocycles. The Labute approximate surface area is 179 Å². The summed E-state index contributed by atoms with van der Waals surface area (Å²) < 4.78 is 14.5. The van der Waals surface area contributed by atoms with Gasteiger partial charge < -0.3 is 10.6 Å². The van der Waals surface area contributed by atoms with Crippen LogP contribution in [-0.4, -0.2) is 39.6 Å². The second-order valence-corrected chi connectivity index (χ2v) is 7.58. The van der Waals surface area contributed by atoms with Gasteiger partial charge in [0.05, 0.1) is 11.9 Å². The van der Waals surface area contributed by atoms with Crippen LogP contribution in [0, 0.1) is 5.82 Å². The maximum atomic E-state index is 13.0. The summed E-state index contributed by atoms with van der Waals surface area (Å²) in [6, 6.07) is 13.1. The summed E-state index contributed by atoms with van der Waals surface area (Å²) in [5.41, 5.74) is 2.68. The topological polar surface area (TPSA) is 79.3 Å². The molecule has 160 valence electrons. The highest BCUT2D eigenvalue weighted by Crippen LogP contribution is 2.20. The molecule has 0 atom stereocenters. The fraction of sp³-hybridized carbons (Fsp3) is 0.261. The summed E-state index contributed by atoms with van der Waals surface area (Å²) in [5, 5.41) is 9.79. The van der Waals surface area contributed by atoms with Gasteiger partial charge in [-0.25, -0.2) is 4.39 Å². The largest absolute Gasteiger partial charge is 0.324 e. The zero-order chi connectivity index (χ0) is 21.6. The molecule has 0 unspecified atom stereocenters. The molecule has 2 N–H and O–H groups in total. The van der Waals surface area contributed by atoms with Gasteiger partial charge in [0.15, 0.2) is 0 Å². The number of rotatable bonds is 7. The first-order valence-electron chi connectivity index (χ1n) is 10.3. The maximum Gasteiger partial charge on any atom is 0.255 e. The van der Waals surface area contributed by atoms with Crippen LogP contribution in [0.1, 0.15) is 28.8 Å². The molecule has 2 aromatic carbocycles. The monoisotopic (exact) mass is 421 g/mol. The lowest BCUT2D eigenvalue weighted by Gasteiger charge is -2.17. The standard InChI is InChI=1S/C23H24FN5O2/c24-19-9-7-17(8-10-19)23(31)26-20-13-25-29(15-20)16-22(30)27-21-6-2-1-5-18(21)14-28-11-3-4-12-28/h1-2,5-10,13,15H,3-4,11-12,14,16H2,(H,26,31)(H,27,30). The van der Waals surface area contributed by atoms with E-state index < -0.39 is 5.82 Å². The molecule has 3 aromatic rings. The fourth-order valence-electron chi connectivity index (χ4n) is 3.62. The summed E-state index contributed by atoms with van der Waals surface area (Å²) in [4.78, 5) is 27.2. The molecule has 0 radical (unpaired) electrons. The van der Waals surface area contributed by atoms with Crippen molar-refractivity contribution in [3.05, 3.63) is 77.9 Å². The molecule has 2 heterocycles. The lowest BCUT2D eigenvalue weighted by molar-refractivity contribution is -0.116. The van der Waals surface area contributed by atoms with E-state index in [9.17, 15) is 14.0 Å². The summed E-state index contributed by atoms with van der Waals surface area (Å²) in [6.45, 7) is 3.01. The van der Waals surface area contributed by atoms with Crippen LogP contribution in [0.2, 0.25) is 0 Å². The second kappa shape index (κ2) is 9.53. The van der Waals surface area contributed by atoms with E-state index in [4.69, 9.17) is 0 Å². The number of hydrogen-bond acceptors (Lipinski definition) is 4. The Morgan fingerprint density at radius 2 is 1.74 bits per heavy atom. The van der Waals surface area contributed by atoms with Crippen LogP contribution in [0.5, 0.6) is 0 Å². The molecule has 8 heteroatoms. The summed E-state index contributed by atoms with van der Waals surface area (Å²) in [7, 11) is 0. The van der Waals surface area contributed by atoms with E-state index >= 15 is 0 Å². The zero-order valence-corrected chi connectivity index (χ0v) is 17.1. The molecule has 2 amide bonds. The Hall–Kier alpha value is -3.52. The van der Waals surface area contributed by atoms with Crippen LogP contribution in [0.4, 0.5) is 15.8 Å². The smallest absolute Gasteiger partial charge is 0.255 e. The van der Waals surface area contributed by atoms with E-state index in [0.717, 1.165) is 30.9 Å². The van der Waals surface area contributed by atoms with E-state index in [2.05, 4.69) is 20.6 Å². The molecule has 4 rings (SSSR count). The minimum atomic E-state index is -0.405. The first-order chi connectivity index (χ1) is 15.1. The molecule has 0 spiro atoms. The number of carbonyl (C=O) groups is 2. The summed E-state index contributed by atoms with van der Waals surface area (Å²) in [6.07, 6.45) is 5.48. The van der Waals surface area contributed by atoms with Gasteiger partial charge in [0.25, 0.3) is 5.91 Å². The van der Waals surface area contributed by atoms with Crippen molar-refractivity contribution in [3.63, 3.8) is 0 Å². The number of hydrogen-bond donors (Lipinski definition) is 2. The Kier molecular flexibility index (Phi) is 6.37. The van der Waals surface area contributed by atoms with E-state index in [-0.39, 0.29) is 18.4 Å². The number of para-hydroxylation sites is 1. The molecule has 31 heavy (non-hydrogen) atoms. The van der Waals surface area contributed by atoms with E-state index in [1.165, 1.54) is 48.0 Å². The molecular weight excluding hydrogens is 397 g/mol. The number of likely N-dealkylation sites (tertiary alicyclic amines) is 1. The average molecular weight is 421 g/mol. The Morgan fingerprint density at radius 1 is 1.00 bits per heavy atom. The minimum absolute atomic E-state index is 0.0183. The number of nitrogens with zero attached hydrogens (tertiary/aromatic N) is 3. The second-order valence-electron chi connectivity index (χ2n) is 7.58. The van der Waals surface area contributed by atoms with Gasteiger partial charge in [-0.1, -0.05) is 18.2 Å². The van der Waals surface area contributed by atoms with Crippen LogP contribution in [-0.2, 0) is 17.9 Å². The van der Waals surface area contributed by atoms with Crippen LogP contribution < -0.4 is 10.6 Å². The summed E-state index contributed by atoms with van der Waals surface area (Å²) in [5.74, 6) is -0.981. The van der Waals surface area contributed by atoms with Gasteiger partial charge in [-0.3, -0.25) is 19.2 Å². The number of nitrogens with one attached hydrogen (secondary N) is 2. The third-order valence-corrected chi connectivity index (χ3v) is 5.19. The molecule has 1 aliphatic heterocycles. The van der Waals surface area contributed by atoms with Gasteiger partial charge in [-0.15, -0.1) is 0 Å². The first kappa shape index (κ1) is 20.7. The number of anilines is 2. The van der Waals surface area contributed by atoms with E-state index in [1.807, 2.05) is 24.3 Å². The Balaban J connectivity index is 1.34. The van der Waals surface area contributed by atoms with Crippen molar-refractivity contribution in [2.24, 2.45) is 0 Å². The van der Waals surface area contributed by atoms with Gasteiger partial charge in [0.2, 0.25) is 5.91 Å². The van der Waals surface area contributed by atoms with Gasteiger partial charge in [-0.2, -0.15) is 5.10 Å². The van der Waals surface area contributed by atoms with Crippen LogP contribution in [0.25, 0.3) is 0 Å². The average Bonchev–Trinajstić information content (AvgIpc) is 3.42. The molecule has 1 aliphatic rings. The quantitative estimate of drug-likeness (QED) is 0.612. The molecule has 0 saturated carbocycles. The van der Waals surface area contributed by atoms with Gasteiger partial charge in [0, 0.05) is 24.0 Å². The number of halogens is 1. The van der Waals surface area contributed by atoms with Crippen LogP contribution >= 0.6 is 0 Å². The van der Waals surface area contributed by atoms with Crippen molar-refractivity contribution in [1.82, 2.24) is 14.7 Å². The van der Waals surface area contributed by atoms with Crippen molar-refractivity contribution in [3.8, 4) is 0 Å². The molecule has 0 bridgehead atoms. The Morgan fingerprint density at radius 3 is 2.52 bits per heavy atom. The first-order valence-corrected chi connectivity index (χ1v) is 10.3. The predicted molar refractivity (Wildman–Crippen MR) is 116 cm³/mol. The number of aromatic nitrogens is 2. The minimum Gasteiger partial charge on any atom is -0.324 e. The lowest BCUT2D eigenvalue weighted by Crippen LogP contribution is -2.22. The highest BCUT2D eigenvalue weighted by Gasteiger charge is 2.15. The third-order valence-electron chi connectivity index (χ3n) is 5.19. The SMILES string of the molecule is O=C(Cn1cc(NC(=O)c2ccc(F)cc2)cn1)Nc1ccccc1CN1CCCC1. The Bertz CT molecular complexity index is 1060. The van der Waals surface area contributed by atoms with E-state index in [0.29, 0.717) is 11.3 Å². The normalized spacial score (nSPS) is 13.8. The fourth-order valence-corrected chi connectivity index (χ4v) is 3.62. The van der Waals surface area contributed by atoms with Gasteiger partial charge in [0.1, 0.15) is 12.4 Å². The molecule has 1 fully saturated rings. The van der Waals surface area contributed by atoms with E-state index in [1.54, 1.807) is 6.20 Å². The van der Waals surface area contributed by atoms with Crippen LogP contribution in [0.15, 0.2) is 60.9 Å². The lowest BCUT2D eigenvalue weighted by atomic mass is 10.1. The van der Waals surface area contributed by atoms with Crippen molar-refractivity contribution in [2.45, 2.75) is 25.9 Å². The van der Waals surface area contributed by atoms with Crippen LogP contribution in [0.3, 0.4) is 0 Å². The van der Waals surface area contributed by atoms with Crippen molar-refractivity contribution in [2.75, 3.05) is 23.7 Å². The highest BCUT2D eigenvalue weighted by molar-refractivity contribution is 6.04. The maximum absolute atomic E-state index is 13.0. The number of carbonyl (C=O) groups excluding carboxylic acids is 2. The van der Waals surface area contributed by atoms with Crippen molar-refractivity contribution >= 4 is 23.2 Å². The molecule has 0 aliphatic carbocycles. The molecule has 1 saturated heterocycles. The van der Waals surface area contributed by atoms with Gasteiger partial charge in [-0.05, 0) is 61.8 Å². The number of benzene rings is 2. The number of amides is 2. The van der Waals surface area contributed by atoms with Gasteiger partial charge >= 0.3 is 0 Å².